The topological polar surface area (TPSA) is 3.24 Å². The van der Waals surface area contributed by atoms with Gasteiger partial charge in [0.05, 0.1) is 0 Å². The van der Waals surface area contributed by atoms with E-state index in [1.54, 1.807) is 0 Å². The lowest BCUT2D eigenvalue weighted by atomic mass is 9.93. The van der Waals surface area contributed by atoms with E-state index in [0.717, 1.165) is 17.9 Å². The number of hydrogen-bond acceptors (Lipinski definition) is 1. The molecule has 2 atom stereocenters. The lowest BCUT2D eigenvalue weighted by Crippen LogP contribution is -2.42. The molecule has 1 fully saturated rings. The van der Waals surface area contributed by atoms with Crippen LogP contribution in [-0.2, 0) is 0 Å². The molecule has 0 N–H and O–H groups in total. The Morgan fingerprint density at radius 2 is 2.15 bits per heavy atom. The molecule has 13 heavy (non-hydrogen) atoms. The molecule has 0 aromatic rings. The van der Waals surface area contributed by atoms with Gasteiger partial charge in [-0.25, -0.2) is 0 Å². The fraction of sp³-hybridized carbons (Fsp3) is 1.00. The van der Waals surface area contributed by atoms with Gasteiger partial charge in [0.15, 0.2) is 0 Å². The van der Waals surface area contributed by atoms with Gasteiger partial charge in [-0.2, -0.15) is 0 Å². The minimum Gasteiger partial charge on any atom is -0.300 e. The summed E-state index contributed by atoms with van der Waals surface area (Å²) in [6.45, 7) is 9.57. The van der Waals surface area contributed by atoms with Crippen LogP contribution in [0.5, 0.6) is 0 Å². The highest BCUT2D eigenvalue weighted by molar-refractivity contribution is 9.09. The van der Waals surface area contributed by atoms with Crippen LogP contribution < -0.4 is 0 Å². The van der Waals surface area contributed by atoms with Crippen molar-refractivity contribution in [2.75, 3.05) is 18.4 Å². The van der Waals surface area contributed by atoms with E-state index in [2.05, 4.69) is 41.6 Å². The average Bonchev–Trinajstić information content (AvgIpc) is 2.08. The summed E-state index contributed by atoms with van der Waals surface area (Å²) in [4.78, 5) is 2.64. The normalized spacial score (nSPS) is 31.2. The first-order valence-corrected chi connectivity index (χ1v) is 6.55. The predicted molar refractivity (Wildman–Crippen MR) is 62.4 cm³/mol. The maximum Gasteiger partial charge on any atom is 0.00699 e. The Morgan fingerprint density at radius 3 is 2.62 bits per heavy atom. The molecular formula is C11H22BrN. The van der Waals surface area contributed by atoms with Gasteiger partial charge >= 0.3 is 0 Å². The van der Waals surface area contributed by atoms with Crippen LogP contribution in [0.2, 0.25) is 0 Å². The Balaban J connectivity index is 2.35. The number of nitrogens with zero attached hydrogens (tertiary/aromatic N) is 1. The zero-order valence-electron chi connectivity index (χ0n) is 9.09. The molecule has 0 aromatic heterocycles. The minimum absolute atomic E-state index is 0.790. The van der Waals surface area contributed by atoms with E-state index in [1.807, 2.05) is 0 Å². The smallest absolute Gasteiger partial charge is 0.00699 e. The zero-order chi connectivity index (χ0) is 9.84. The Bertz CT molecular complexity index is 147. The van der Waals surface area contributed by atoms with E-state index in [1.165, 1.54) is 31.3 Å². The third-order valence-electron chi connectivity index (χ3n) is 2.94. The summed E-state index contributed by atoms with van der Waals surface area (Å²) in [5, 5.41) is 1.19. The van der Waals surface area contributed by atoms with E-state index >= 15 is 0 Å². The van der Waals surface area contributed by atoms with E-state index in [4.69, 9.17) is 0 Å². The maximum absolute atomic E-state index is 3.59. The second-order valence-corrected chi connectivity index (χ2v) is 5.43. The molecule has 0 radical (unpaired) electrons. The van der Waals surface area contributed by atoms with Crippen molar-refractivity contribution in [2.45, 2.75) is 39.7 Å². The van der Waals surface area contributed by atoms with Crippen molar-refractivity contribution in [3.8, 4) is 0 Å². The van der Waals surface area contributed by atoms with Gasteiger partial charge in [-0.1, -0.05) is 29.8 Å². The largest absolute Gasteiger partial charge is 0.300 e. The van der Waals surface area contributed by atoms with Crippen LogP contribution in [0.1, 0.15) is 33.6 Å². The van der Waals surface area contributed by atoms with Crippen LogP contribution in [0, 0.1) is 11.8 Å². The molecule has 1 heterocycles. The van der Waals surface area contributed by atoms with Gasteiger partial charge in [0.1, 0.15) is 0 Å². The molecule has 0 spiro atoms. The molecule has 2 heteroatoms. The number of rotatable bonds is 3. The van der Waals surface area contributed by atoms with Crippen molar-refractivity contribution in [1.82, 2.24) is 4.90 Å². The first-order chi connectivity index (χ1) is 6.13. The van der Waals surface area contributed by atoms with Crippen LogP contribution in [0.15, 0.2) is 0 Å². The van der Waals surface area contributed by atoms with Crippen LogP contribution in [0.25, 0.3) is 0 Å². The third kappa shape index (κ3) is 3.59. The molecule has 1 aliphatic heterocycles. The highest BCUT2D eigenvalue weighted by Crippen LogP contribution is 2.24. The molecule has 1 saturated heterocycles. The SMILES string of the molecule is CC(C)CN1CCC(CBr)CC1C. The van der Waals surface area contributed by atoms with Gasteiger partial charge in [0.25, 0.3) is 0 Å². The predicted octanol–water partition coefficient (Wildman–Crippen LogP) is 3.14. The highest BCUT2D eigenvalue weighted by atomic mass is 79.9. The Morgan fingerprint density at radius 1 is 1.46 bits per heavy atom. The maximum atomic E-state index is 3.59. The fourth-order valence-electron chi connectivity index (χ4n) is 2.20. The van der Waals surface area contributed by atoms with Crippen LogP contribution >= 0.6 is 15.9 Å². The molecule has 1 nitrogen and oxygen atoms in total. The van der Waals surface area contributed by atoms with Crippen LogP contribution in [0.4, 0.5) is 0 Å². The van der Waals surface area contributed by atoms with Crippen LogP contribution in [0.3, 0.4) is 0 Å². The Hall–Kier alpha value is 0.440. The van der Waals surface area contributed by atoms with E-state index in [0.29, 0.717) is 0 Å². The minimum atomic E-state index is 0.790. The van der Waals surface area contributed by atoms with Crippen molar-refractivity contribution in [1.29, 1.82) is 0 Å². The summed E-state index contributed by atoms with van der Waals surface area (Å²) in [6.07, 6.45) is 2.75. The molecule has 0 amide bonds. The monoisotopic (exact) mass is 247 g/mol. The molecule has 0 saturated carbocycles. The highest BCUT2D eigenvalue weighted by Gasteiger charge is 2.24. The summed E-state index contributed by atoms with van der Waals surface area (Å²) in [7, 11) is 0. The lowest BCUT2D eigenvalue weighted by Gasteiger charge is -2.38. The van der Waals surface area contributed by atoms with Crippen molar-refractivity contribution < 1.29 is 0 Å². The summed E-state index contributed by atoms with van der Waals surface area (Å²) < 4.78 is 0. The fourth-order valence-corrected chi connectivity index (χ4v) is 2.79. The Kier molecular flexibility index (Phi) is 4.74. The van der Waals surface area contributed by atoms with Gasteiger partial charge in [-0.3, -0.25) is 0 Å². The lowest BCUT2D eigenvalue weighted by molar-refractivity contribution is 0.117. The van der Waals surface area contributed by atoms with Gasteiger partial charge in [-0.15, -0.1) is 0 Å². The number of likely N-dealkylation sites (tertiary alicyclic amines) is 1. The van der Waals surface area contributed by atoms with Gasteiger partial charge < -0.3 is 4.90 Å². The van der Waals surface area contributed by atoms with Crippen molar-refractivity contribution in [3.05, 3.63) is 0 Å². The quantitative estimate of drug-likeness (QED) is 0.693. The summed E-state index contributed by atoms with van der Waals surface area (Å²) in [5.41, 5.74) is 0. The zero-order valence-corrected chi connectivity index (χ0v) is 10.7. The standard InChI is InChI=1S/C11H22BrN/c1-9(2)8-13-5-4-11(7-12)6-10(13)3/h9-11H,4-8H2,1-3H3. The van der Waals surface area contributed by atoms with Gasteiger partial charge in [0, 0.05) is 17.9 Å². The van der Waals surface area contributed by atoms with E-state index < -0.39 is 0 Å². The van der Waals surface area contributed by atoms with Crippen LogP contribution in [-0.4, -0.2) is 29.4 Å². The number of halogens is 1. The van der Waals surface area contributed by atoms with Crippen molar-refractivity contribution in [3.63, 3.8) is 0 Å². The molecule has 0 aromatic carbocycles. The average molecular weight is 248 g/mol. The number of piperidine rings is 1. The second kappa shape index (κ2) is 5.35. The molecule has 78 valence electrons. The van der Waals surface area contributed by atoms with Crippen molar-refractivity contribution in [2.24, 2.45) is 11.8 Å². The molecule has 2 unspecified atom stereocenters. The number of hydrogen-bond donors (Lipinski definition) is 0. The summed E-state index contributed by atoms with van der Waals surface area (Å²) in [6, 6.07) is 0.790. The third-order valence-corrected chi connectivity index (χ3v) is 3.86. The molecular weight excluding hydrogens is 226 g/mol. The Labute approximate surface area is 91.0 Å². The molecule has 0 bridgehead atoms. The van der Waals surface area contributed by atoms with E-state index in [-0.39, 0.29) is 0 Å². The number of alkyl halides is 1. The molecule has 0 aliphatic carbocycles. The first-order valence-electron chi connectivity index (χ1n) is 5.43. The first kappa shape index (κ1) is 11.5. The summed E-state index contributed by atoms with van der Waals surface area (Å²) in [5.74, 6) is 1.72. The van der Waals surface area contributed by atoms with E-state index in [9.17, 15) is 0 Å². The second-order valence-electron chi connectivity index (χ2n) is 4.78. The molecule has 1 aliphatic rings. The summed E-state index contributed by atoms with van der Waals surface area (Å²) >= 11 is 3.59. The van der Waals surface area contributed by atoms with Gasteiger partial charge in [-0.05, 0) is 38.1 Å². The van der Waals surface area contributed by atoms with Gasteiger partial charge in [0.2, 0.25) is 0 Å². The molecule has 1 rings (SSSR count). The van der Waals surface area contributed by atoms with Crippen molar-refractivity contribution >= 4 is 15.9 Å².